The first-order valence-corrected chi connectivity index (χ1v) is 5.44. The zero-order valence-corrected chi connectivity index (χ0v) is 10.5. The van der Waals surface area contributed by atoms with Gasteiger partial charge < -0.3 is 4.79 Å². The van der Waals surface area contributed by atoms with Crippen LogP contribution in [0.15, 0.2) is 0 Å². The molecule has 0 aromatic heterocycles. The number of nitrogens with zero attached hydrogens (tertiary/aromatic N) is 4. The molecule has 0 heterocycles. The quantitative estimate of drug-likeness (QED) is 0.728. The molecule has 0 bridgehead atoms. The molecule has 0 aromatic carbocycles. The van der Waals surface area contributed by atoms with Gasteiger partial charge in [-0.15, -0.1) is 0 Å². The average Bonchev–Trinajstić information content (AvgIpc) is 2.33. The molecular formula is C13H12N4O. The fourth-order valence-corrected chi connectivity index (χ4v) is 3.03. The van der Waals surface area contributed by atoms with E-state index in [0.29, 0.717) is 0 Å². The summed E-state index contributed by atoms with van der Waals surface area (Å²) in [5, 5.41) is 37.1. The normalized spacial score (nSPS) is 25.4. The third-order valence-electron chi connectivity index (χ3n) is 4.13. The Balaban J connectivity index is 3.50. The maximum absolute atomic E-state index is 11.3. The molecule has 0 amide bonds. The topological polar surface area (TPSA) is 112 Å². The second-order valence-corrected chi connectivity index (χ2v) is 5.19. The molecule has 1 saturated carbocycles. The average molecular weight is 240 g/mol. The van der Waals surface area contributed by atoms with Crippen molar-refractivity contribution >= 4 is 5.78 Å². The summed E-state index contributed by atoms with van der Waals surface area (Å²) in [4.78, 5) is 11.3. The zero-order chi connectivity index (χ0) is 14.2. The number of Topliss-reactive ketones (excluding diaryl/α,β-unsaturated/α-hetero) is 1. The number of carbonyl (C=O) groups excluding carboxylic acids is 1. The number of ketones is 1. The van der Waals surface area contributed by atoms with Crippen LogP contribution in [0.2, 0.25) is 0 Å². The minimum absolute atomic E-state index is 0.0270. The molecule has 0 spiro atoms. The lowest BCUT2D eigenvalue weighted by Crippen LogP contribution is -2.68. The van der Waals surface area contributed by atoms with E-state index in [0.717, 1.165) is 0 Å². The maximum atomic E-state index is 11.3. The molecule has 1 fully saturated rings. The first-order chi connectivity index (χ1) is 8.29. The highest BCUT2D eigenvalue weighted by Crippen LogP contribution is 2.71. The molecular weight excluding hydrogens is 228 g/mol. The SMILES string of the molecule is CC(=O)CC1C(C)(C)C(C#N)(C#N)C1(C#N)C#N. The maximum Gasteiger partial charge on any atom is 0.181 e. The first-order valence-electron chi connectivity index (χ1n) is 5.44. The van der Waals surface area contributed by atoms with Crippen molar-refractivity contribution < 1.29 is 4.79 Å². The molecule has 1 unspecified atom stereocenters. The standard InChI is InChI=1S/C13H12N4O/c1-9(18)4-10-11(2,3)13(7-16,8-17)12(10,5-14)6-15/h10H,4H2,1-3H3. The second-order valence-electron chi connectivity index (χ2n) is 5.19. The lowest BCUT2D eigenvalue weighted by Gasteiger charge is -2.61. The van der Waals surface area contributed by atoms with Crippen LogP contribution in [0.25, 0.3) is 0 Å². The summed E-state index contributed by atoms with van der Waals surface area (Å²) in [5.41, 5.74) is -4.29. The van der Waals surface area contributed by atoms with Crippen LogP contribution in [0.5, 0.6) is 0 Å². The van der Waals surface area contributed by atoms with Gasteiger partial charge in [-0.25, -0.2) is 0 Å². The summed E-state index contributed by atoms with van der Waals surface area (Å²) in [6.45, 7) is 4.67. The zero-order valence-electron chi connectivity index (χ0n) is 10.5. The number of hydrogen-bond acceptors (Lipinski definition) is 5. The highest BCUT2D eigenvalue weighted by Gasteiger charge is 2.79. The van der Waals surface area contributed by atoms with Gasteiger partial charge in [0.1, 0.15) is 5.78 Å². The molecule has 90 valence electrons. The molecule has 18 heavy (non-hydrogen) atoms. The van der Waals surface area contributed by atoms with Crippen LogP contribution in [0.1, 0.15) is 27.2 Å². The predicted octanol–water partition coefficient (Wildman–Crippen LogP) is 1.69. The number of hydrogen-bond donors (Lipinski definition) is 0. The number of carbonyl (C=O) groups is 1. The van der Waals surface area contributed by atoms with Gasteiger partial charge in [0, 0.05) is 17.8 Å². The van der Waals surface area contributed by atoms with Gasteiger partial charge >= 0.3 is 0 Å². The van der Waals surface area contributed by atoms with E-state index >= 15 is 0 Å². The van der Waals surface area contributed by atoms with E-state index in [-0.39, 0.29) is 12.2 Å². The van der Waals surface area contributed by atoms with Crippen LogP contribution in [0, 0.1) is 67.5 Å². The molecule has 1 aliphatic carbocycles. The summed E-state index contributed by atoms with van der Waals surface area (Å²) in [7, 11) is 0. The largest absolute Gasteiger partial charge is 0.300 e. The van der Waals surface area contributed by atoms with Crippen LogP contribution < -0.4 is 0 Å². The molecule has 1 atom stereocenters. The van der Waals surface area contributed by atoms with Gasteiger partial charge in [0.2, 0.25) is 0 Å². The van der Waals surface area contributed by atoms with Gasteiger partial charge in [0.05, 0.1) is 24.3 Å². The summed E-state index contributed by atoms with van der Waals surface area (Å²) in [5.74, 6) is -0.760. The number of nitriles is 4. The van der Waals surface area contributed by atoms with Gasteiger partial charge in [-0.3, -0.25) is 0 Å². The lowest BCUT2D eigenvalue weighted by molar-refractivity contribution is -0.147. The molecule has 1 aliphatic rings. The Morgan fingerprint density at radius 2 is 1.50 bits per heavy atom. The minimum atomic E-state index is -1.73. The second kappa shape index (κ2) is 3.83. The van der Waals surface area contributed by atoms with Crippen molar-refractivity contribution in [1.82, 2.24) is 0 Å². The van der Waals surface area contributed by atoms with Crippen LogP contribution in [0.3, 0.4) is 0 Å². The Bertz CT molecular complexity index is 534. The number of rotatable bonds is 2. The van der Waals surface area contributed by atoms with E-state index in [1.165, 1.54) is 6.92 Å². The highest BCUT2D eigenvalue weighted by atomic mass is 16.1. The minimum Gasteiger partial charge on any atom is -0.300 e. The van der Waals surface area contributed by atoms with Crippen LogP contribution >= 0.6 is 0 Å². The van der Waals surface area contributed by atoms with Crippen molar-refractivity contribution in [2.75, 3.05) is 0 Å². The van der Waals surface area contributed by atoms with Crippen molar-refractivity contribution in [3.63, 3.8) is 0 Å². The molecule has 0 aromatic rings. The van der Waals surface area contributed by atoms with E-state index < -0.39 is 22.2 Å². The first kappa shape index (κ1) is 13.7. The van der Waals surface area contributed by atoms with Crippen LogP contribution in [0.4, 0.5) is 0 Å². The third kappa shape index (κ3) is 1.14. The van der Waals surface area contributed by atoms with E-state index in [2.05, 4.69) is 0 Å². The fraction of sp³-hybridized carbons (Fsp3) is 0.615. The van der Waals surface area contributed by atoms with Gasteiger partial charge in [0.15, 0.2) is 10.8 Å². The molecule has 0 N–H and O–H groups in total. The predicted molar refractivity (Wildman–Crippen MR) is 59.9 cm³/mol. The van der Waals surface area contributed by atoms with Crippen molar-refractivity contribution in [3.05, 3.63) is 0 Å². The summed E-state index contributed by atoms with van der Waals surface area (Å²) in [6.07, 6.45) is 0.0270. The fourth-order valence-electron chi connectivity index (χ4n) is 3.03. The van der Waals surface area contributed by atoms with Crippen molar-refractivity contribution in [3.8, 4) is 24.3 Å². The van der Waals surface area contributed by atoms with Crippen LogP contribution in [-0.2, 0) is 4.79 Å². The van der Waals surface area contributed by atoms with E-state index in [1.54, 1.807) is 13.8 Å². The van der Waals surface area contributed by atoms with Crippen molar-refractivity contribution in [2.45, 2.75) is 27.2 Å². The monoisotopic (exact) mass is 240 g/mol. The van der Waals surface area contributed by atoms with Crippen molar-refractivity contribution in [1.29, 1.82) is 21.0 Å². The van der Waals surface area contributed by atoms with Gasteiger partial charge in [0.25, 0.3) is 0 Å². The third-order valence-corrected chi connectivity index (χ3v) is 4.13. The Morgan fingerprint density at radius 1 is 1.06 bits per heavy atom. The molecule has 0 aliphatic heterocycles. The molecule has 0 radical (unpaired) electrons. The van der Waals surface area contributed by atoms with Gasteiger partial charge in [-0.2, -0.15) is 21.0 Å². The Morgan fingerprint density at radius 3 is 1.78 bits per heavy atom. The molecule has 5 nitrogen and oxygen atoms in total. The molecule has 5 heteroatoms. The Hall–Kier alpha value is -2.37. The van der Waals surface area contributed by atoms with E-state index in [1.807, 2.05) is 24.3 Å². The molecule has 0 saturated heterocycles. The Kier molecular flexibility index (Phi) is 2.92. The lowest BCUT2D eigenvalue weighted by atomic mass is 9.33. The highest BCUT2D eigenvalue weighted by molar-refractivity contribution is 5.77. The summed E-state index contributed by atoms with van der Waals surface area (Å²) < 4.78 is 0. The smallest absolute Gasteiger partial charge is 0.181 e. The van der Waals surface area contributed by atoms with Gasteiger partial charge in [-0.1, -0.05) is 13.8 Å². The van der Waals surface area contributed by atoms with Crippen molar-refractivity contribution in [2.24, 2.45) is 22.2 Å². The van der Waals surface area contributed by atoms with Crippen LogP contribution in [-0.4, -0.2) is 5.78 Å². The Labute approximate surface area is 106 Å². The van der Waals surface area contributed by atoms with Gasteiger partial charge in [-0.05, 0) is 6.92 Å². The summed E-state index contributed by atoms with van der Waals surface area (Å²) in [6, 6.07) is 7.29. The summed E-state index contributed by atoms with van der Waals surface area (Å²) >= 11 is 0. The van der Waals surface area contributed by atoms with E-state index in [4.69, 9.17) is 0 Å². The molecule has 1 rings (SSSR count). The van der Waals surface area contributed by atoms with E-state index in [9.17, 15) is 25.8 Å².